The molecule has 5 aromatic rings. The van der Waals surface area contributed by atoms with E-state index in [9.17, 15) is 51.1 Å². The Morgan fingerprint density at radius 2 is 1.65 bits per heavy atom. The number of rotatable bonds is 17. The van der Waals surface area contributed by atoms with Crippen LogP contribution in [0.3, 0.4) is 0 Å². The van der Waals surface area contributed by atoms with Crippen LogP contribution in [0.25, 0.3) is 11.0 Å². The maximum absolute atomic E-state index is 13.5. The number of para-hydroxylation sites is 2. The number of benzene rings is 3. The van der Waals surface area contributed by atoms with Crippen molar-refractivity contribution >= 4 is 69.3 Å². The van der Waals surface area contributed by atoms with Crippen molar-refractivity contribution in [1.29, 1.82) is 0 Å². The summed E-state index contributed by atoms with van der Waals surface area (Å²) in [6.07, 6.45) is 0.122. The fraction of sp³-hybridized carbons (Fsp3) is 0.286. The number of nitrogens with one attached hydrogen (secondary N) is 4. The van der Waals surface area contributed by atoms with E-state index in [1.54, 1.807) is 65.4 Å². The number of imidazole rings is 1. The molecule has 65 heavy (non-hydrogen) atoms. The average Bonchev–Trinajstić information content (AvgIpc) is 3.62. The molecular formula is C42H46F3N9O10S. The van der Waals surface area contributed by atoms with Crippen molar-refractivity contribution in [2.24, 2.45) is 5.10 Å². The SMILES string of the molecule is CN(Cc1nc2ccccc2[nH]1)C(=O)c1ccc2c(c1)CN(CCCCCCNC(=O)c1ccc(N/N=C/c3ccccc3S(O)(O)O)nc1)C(=O)[C@@H](CC(=O)O)N2.O=C(O)C(F)(F)F. The fourth-order valence-corrected chi connectivity index (χ4v) is 7.23. The predicted octanol–water partition coefficient (Wildman–Crippen LogP) is 6.48. The number of hydrogen-bond donors (Lipinski definition) is 9. The minimum absolute atomic E-state index is 0.0622. The molecule has 0 unspecified atom stereocenters. The Hall–Kier alpha value is -7.08. The average molecular weight is 926 g/mol. The normalized spacial score (nSPS) is 14.1. The first-order valence-electron chi connectivity index (χ1n) is 19.8. The van der Waals surface area contributed by atoms with Crippen LogP contribution in [-0.2, 0) is 27.5 Å². The lowest BCUT2D eigenvalue weighted by molar-refractivity contribution is -0.192. The number of pyridine rings is 1. The molecule has 9 N–H and O–H groups in total. The van der Waals surface area contributed by atoms with Gasteiger partial charge in [-0.2, -0.15) is 18.3 Å². The Balaban J connectivity index is 0.00000105. The van der Waals surface area contributed by atoms with E-state index >= 15 is 0 Å². The number of halogens is 3. The molecule has 0 bridgehead atoms. The van der Waals surface area contributed by atoms with Crippen LogP contribution in [0, 0.1) is 0 Å². The van der Waals surface area contributed by atoms with E-state index in [4.69, 9.17) is 9.90 Å². The van der Waals surface area contributed by atoms with Crippen molar-refractivity contribution in [3.63, 3.8) is 0 Å². The number of aliphatic carboxylic acids is 2. The Bertz CT molecular complexity index is 2480. The van der Waals surface area contributed by atoms with Gasteiger partial charge in [0.2, 0.25) is 5.91 Å². The van der Waals surface area contributed by atoms with E-state index in [0.717, 1.165) is 23.9 Å². The van der Waals surface area contributed by atoms with Crippen molar-refractivity contribution in [2.75, 3.05) is 30.9 Å². The number of H-pyrrole nitrogens is 1. The van der Waals surface area contributed by atoms with E-state index in [-0.39, 0.29) is 35.7 Å². The van der Waals surface area contributed by atoms with Gasteiger partial charge in [0, 0.05) is 49.7 Å². The van der Waals surface area contributed by atoms with Gasteiger partial charge in [-0.05, 0) is 66.9 Å². The largest absolute Gasteiger partial charge is 0.490 e. The van der Waals surface area contributed by atoms with Crippen LogP contribution in [0.5, 0.6) is 0 Å². The van der Waals surface area contributed by atoms with Gasteiger partial charge >= 0.3 is 18.1 Å². The number of hydrogen-bond acceptors (Lipinski definition) is 13. The molecule has 2 aromatic heterocycles. The molecule has 1 aliphatic rings. The Labute approximate surface area is 370 Å². The van der Waals surface area contributed by atoms with E-state index in [2.05, 4.69) is 36.1 Å². The molecule has 23 heteroatoms. The number of hydrazone groups is 1. The molecule has 6 rings (SSSR count). The van der Waals surface area contributed by atoms with Crippen molar-refractivity contribution in [3.05, 3.63) is 113 Å². The number of amides is 3. The lowest BCUT2D eigenvalue weighted by Gasteiger charge is -2.24. The second-order valence-corrected chi connectivity index (χ2v) is 16.1. The summed E-state index contributed by atoms with van der Waals surface area (Å²) in [4.78, 5) is 75.4. The van der Waals surface area contributed by atoms with Crippen LogP contribution in [0.4, 0.5) is 24.7 Å². The van der Waals surface area contributed by atoms with Gasteiger partial charge in [-0.1, -0.05) is 43.2 Å². The number of nitrogens with zero attached hydrogens (tertiary/aromatic N) is 5. The fourth-order valence-electron chi connectivity index (χ4n) is 6.54. The van der Waals surface area contributed by atoms with Crippen LogP contribution in [-0.4, -0.2) is 117 Å². The van der Waals surface area contributed by atoms with Crippen LogP contribution < -0.4 is 16.1 Å². The molecule has 346 valence electrons. The Morgan fingerprint density at radius 3 is 2.32 bits per heavy atom. The number of aromatic amines is 1. The quantitative estimate of drug-likeness (QED) is 0.0274. The highest BCUT2D eigenvalue weighted by molar-refractivity contribution is 8.19. The van der Waals surface area contributed by atoms with Gasteiger partial charge in [0.05, 0.1) is 40.7 Å². The maximum atomic E-state index is 13.5. The minimum atomic E-state index is -5.08. The molecule has 1 atom stereocenters. The smallest absolute Gasteiger partial charge is 0.481 e. The van der Waals surface area contributed by atoms with Crippen LogP contribution >= 0.6 is 10.9 Å². The predicted molar refractivity (Wildman–Crippen MR) is 234 cm³/mol. The molecule has 0 fully saturated rings. The minimum Gasteiger partial charge on any atom is -0.481 e. The number of carbonyl (C=O) groups excluding carboxylic acids is 3. The zero-order chi connectivity index (χ0) is 47.3. The Morgan fingerprint density at radius 1 is 0.954 bits per heavy atom. The number of fused-ring (bicyclic) bond motifs is 2. The first-order valence-corrected chi connectivity index (χ1v) is 21.3. The molecule has 19 nitrogen and oxygen atoms in total. The first-order chi connectivity index (χ1) is 30.8. The zero-order valence-corrected chi connectivity index (χ0v) is 35.5. The molecular weight excluding hydrogens is 880 g/mol. The summed E-state index contributed by atoms with van der Waals surface area (Å²) in [6.45, 7) is 1.29. The summed E-state index contributed by atoms with van der Waals surface area (Å²) >= 11 is 0. The zero-order valence-electron chi connectivity index (χ0n) is 34.7. The van der Waals surface area contributed by atoms with Crippen LogP contribution in [0.15, 0.2) is 95.1 Å². The summed E-state index contributed by atoms with van der Waals surface area (Å²) in [5.41, 5.74) is 6.80. The van der Waals surface area contributed by atoms with Gasteiger partial charge in [0.25, 0.3) is 11.8 Å². The van der Waals surface area contributed by atoms with E-state index in [0.29, 0.717) is 65.5 Å². The molecule has 0 radical (unpaired) electrons. The summed E-state index contributed by atoms with van der Waals surface area (Å²) in [5.74, 6) is -3.71. The summed E-state index contributed by atoms with van der Waals surface area (Å²) in [5, 5.41) is 26.7. The number of aromatic nitrogens is 3. The van der Waals surface area contributed by atoms with Crippen molar-refractivity contribution in [3.8, 4) is 0 Å². The molecule has 3 heterocycles. The second-order valence-electron chi connectivity index (χ2n) is 14.6. The Kier molecular flexibility index (Phi) is 16.6. The van der Waals surface area contributed by atoms with Crippen LogP contribution in [0.1, 0.15) is 69.8 Å². The second kappa shape index (κ2) is 22.0. The van der Waals surface area contributed by atoms with E-state index in [1.165, 1.54) is 18.5 Å². The molecule has 0 spiro atoms. The number of anilines is 2. The van der Waals surface area contributed by atoms with Gasteiger partial charge in [0.1, 0.15) is 28.6 Å². The number of carboxylic acids is 2. The van der Waals surface area contributed by atoms with E-state index in [1.807, 2.05) is 24.3 Å². The van der Waals surface area contributed by atoms with Gasteiger partial charge in [-0.25, -0.2) is 14.8 Å². The highest BCUT2D eigenvalue weighted by Gasteiger charge is 2.38. The maximum Gasteiger partial charge on any atom is 0.490 e. The highest BCUT2D eigenvalue weighted by Crippen LogP contribution is 2.44. The number of carbonyl (C=O) groups is 5. The molecule has 0 aliphatic carbocycles. The highest BCUT2D eigenvalue weighted by atomic mass is 32.3. The number of carboxylic acid groups (broad SMARTS) is 2. The third-order valence-electron chi connectivity index (χ3n) is 9.71. The topological polar surface area (TPSA) is 283 Å². The van der Waals surface area contributed by atoms with Crippen LogP contribution in [0.2, 0.25) is 0 Å². The van der Waals surface area contributed by atoms with Gasteiger partial charge in [0.15, 0.2) is 0 Å². The standard InChI is InChI=1S/C40H45N9O8S.C2HF3O2/c1-48(25-36-45-31-11-5-6-12-32(31)46-36)39(53)26-14-16-30-29(20-26)24-49(40(54)33(44-30)21-37(50)51)19-9-3-2-8-18-41-38(52)28-15-17-35(42-22-28)47-43-23-27-10-4-7-13-34(27)58(55,56)57;3-2(4,5)1(6)7/h4-7,10-17,20,22-23,33,44,55-57H,2-3,8-9,18-19,21,24-25H2,1H3,(H,41,52)(H,42,47)(H,45,46)(H,50,51);(H,6,7)/b43-23+;/t33-;/m1./s1. The summed E-state index contributed by atoms with van der Waals surface area (Å²) < 4.78 is 60.5. The number of unbranched alkanes of at least 4 members (excludes halogenated alkanes) is 3. The lowest BCUT2D eigenvalue weighted by atomic mass is 10.1. The van der Waals surface area contributed by atoms with Crippen molar-refractivity contribution in [1.82, 2.24) is 30.1 Å². The third-order valence-corrected chi connectivity index (χ3v) is 10.7. The first kappa shape index (κ1) is 48.9. The molecule has 0 saturated heterocycles. The van der Waals surface area contributed by atoms with Gasteiger partial charge in [-0.3, -0.25) is 24.6 Å². The van der Waals surface area contributed by atoms with E-state index < -0.39 is 41.4 Å². The third kappa shape index (κ3) is 14.2. The summed E-state index contributed by atoms with van der Waals surface area (Å²) in [6, 6.07) is 21.1. The lowest BCUT2D eigenvalue weighted by Crippen LogP contribution is -2.42. The summed E-state index contributed by atoms with van der Waals surface area (Å²) in [7, 11) is -2.22. The van der Waals surface area contributed by atoms with Crippen molar-refractivity contribution in [2.45, 2.75) is 62.3 Å². The molecule has 3 aromatic carbocycles. The van der Waals surface area contributed by atoms with Crippen molar-refractivity contribution < 1.29 is 61.0 Å². The number of alkyl halides is 3. The molecule has 3 amide bonds. The van der Waals surface area contributed by atoms with Gasteiger partial charge < -0.3 is 49.3 Å². The van der Waals surface area contributed by atoms with Gasteiger partial charge in [-0.15, -0.1) is 0 Å². The molecule has 1 aliphatic heterocycles. The molecule has 0 saturated carbocycles. The monoisotopic (exact) mass is 925 g/mol.